The molecule has 84 valence electrons. The Morgan fingerprint density at radius 2 is 1.80 bits per heavy atom. The van der Waals surface area contributed by atoms with Crippen LogP contribution in [-0.4, -0.2) is 23.1 Å². The third-order valence-corrected chi connectivity index (χ3v) is 3.77. The van der Waals surface area contributed by atoms with Gasteiger partial charge in [0.25, 0.3) is 0 Å². The fraction of sp³-hybridized carbons (Fsp3) is 0.692. The molecule has 0 spiro atoms. The maximum Gasteiger partial charge on any atom is 0.113 e. The van der Waals surface area contributed by atoms with E-state index in [-0.39, 0.29) is 27.3 Å². The summed E-state index contributed by atoms with van der Waals surface area (Å²) in [6.45, 7) is 11.6. The van der Waals surface area contributed by atoms with Gasteiger partial charge in [0.1, 0.15) is 5.70 Å². The van der Waals surface area contributed by atoms with Crippen LogP contribution < -0.4 is 0 Å². The van der Waals surface area contributed by atoms with Gasteiger partial charge in [0.15, 0.2) is 0 Å². The molecule has 1 aliphatic carbocycles. The number of allylic oxidation sites excluding steroid dienone is 3. The van der Waals surface area contributed by atoms with E-state index in [0.717, 1.165) is 10.9 Å². The van der Waals surface area contributed by atoms with Crippen LogP contribution in [0, 0.1) is 0 Å². The van der Waals surface area contributed by atoms with Crippen molar-refractivity contribution in [3.63, 3.8) is 0 Å². The normalized spacial score (nSPS) is 19.8. The Bertz CT molecular complexity index is 271. The van der Waals surface area contributed by atoms with E-state index in [9.17, 15) is 0 Å². The van der Waals surface area contributed by atoms with Crippen molar-refractivity contribution in [2.45, 2.75) is 52.6 Å². The van der Waals surface area contributed by atoms with Crippen LogP contribution in [-0.2, 0) is 21.7 Å². The number of rotatable bonds is 2. The predicted octanol–water partition coefficient (Wildman–Crippen LogP) is 3.48. The Morgan fingerprint density at radius 3 is 2.07 bits per heavy atom. The van der Waals surface area contributed by atoms with E-state index in [4.69, 9.17) is 0 Å². The van der Waals surface area contributed by atoms with Crippen LogP contribution in [0.3, 0.4) is 0 Å². The van der Waals surface area contributed by atoms with Crippen LogP contribution >= 0.6 is 0 Å². The monoisotopic (exact) mass is 242 g/mol. The van der Waals surface area contributed by atoms with Gasteiger partial charge in [-0.2, -0.15) is 0 Å². The molecular weight excluding hydrogens is 218 g/mol. The van der Waals surface area contributed by atoms with Crippen LogP contribution in [0.25, 0.3) is 0 Å². The summed E-state index contributed by atoms with van der Waals surface area (Å²) in [4.78, 5) is 0. The molecule has 2 heteroatoms. The second-order valence-electron chi connectivity index (χ2n) is 5.63. The molecule has 1 rings (SSSR count). The van der Waals surface area contributed by atoms with Crippen molar-refractivity contribution in [3.05, 3.63) is 23.9 Å². The number of hydrogen-bond donors (Lipinski definition) is 0. The molecule has 0 aromatic rings. The molecule has 0 aromatic carbocycles. The number of quaternary nitrogens is 1. The predicted molar refractivity (Wildman–Crippen MR) is 62.9 cm³/mol. The van der Waals surface area contributed by atoms with Gasteiger partial charge in [-0.1, -0.05) is 12.2 Å². The Balaban J connectivity index is 0.00000196. The Morgan fingerprint density at radius 1 is 1.27 bits per heavy atom. The van der Waals surface area contributed by atoms with Crippen LogP contribution in [0.5, 0.6) is 0 Å². The van der Waals surface area contributed by atoms with Gasteiger partial charge in [-0.3, -0.25) is 4.48 Å². The summed E-state index contributed by atoms with van der Waals surface area (Å²) in [5, 5.41) is 0. The van der Waals surface area contributed by atoms with Crippen molar-refractivity contribution in [1.29, 1.82) is 0 Å². The van der Waals surface area contributed by atoms with E-state index in [0.29, 0.717) is 6.04 Å². The SMILES string of the molecule is CC(C)[N+](C)(C1=CC=CC1)C(C)(C)C.[Ti]. The molecule has 1 unspecified atom stereocenters. The van der Waals surface area contributed by atoms with Crippen molar-refractivity contribution >= 4 is 0 Å². The van der Waals surface area contributed by atoms with Gasteiger partial charge in [-0.25, -0.2) is 0 Å². The molecule has 0 radical (unpaired) electrons. The van der Waals surface area contributed by atoms with Crippen LogP contribution in [0.4, 0.5) is 0 Å². The van der Waals surface area contributed by atoms with Gasteiger partial charge < -0.3 is 0 Å². The van der Waals surface area contributed by atoms with Crippen molar-refractivity contribution in [3.8, 4) is 0 Å². The number of hydrogen-bond acceptors (Lipinski definition) is 0. The standard InChI is InChI=1S/C13H24N.Ti/c1-11(2)14(6,13(3,4)5)12-9-7-8-10-12;/h7-9,11H,10H2,1-6H3;/q+1;. The van der Waals surface area contributed by atoms with Gasteiger partial charge >= 0.3 is 0 Å². The summed E-state index contributed by atoms with van der Waals surface area (Å²) in [6, 6.07) is 0.626. The minimum Gasteiger partial charge on any atom is -0.291 e. The first-order chi connectivity index (χ1) is 6.30. The average Bonchev–Trinajstić information content (AvgIpc) is 2.52. The van der Waals surface area contributed by atoms with E-state index in [1.54, 1.807) is 0 Å². The van der Waals surface area contributed by atoms with Crippen LogP contribution in [0.2, 0.25) is 0 Å². The Labute approximate surface area is 110 Å². The topological polar surface area (TPSA) is 0 Å². The van der Waals surface area contributed by atoms with Gasteiger partial charge in [0.2, 0.25) is 0 Å². The summed E-state index contributed by atoms with van der Waals surface area (Å²) in [6.07, 6.45) is 7.83. The van der Waals surface area contributed by atoms with Gasteiger partial charge in [-0.05, 0) is 40.7 Å². The Hall–Kier alpha value is 0.154. The van der Waals surface area contributed by atoms with Gasteiger partial charge in [-0.15, -0.1) is 0 Å². The second-order valence-corrected chi connectivity index (χ2v) is 5.63. The fourth-order valence-electron chi connectivity index (χ4n) is 2.32. The van der Waals surface area contributed by atoms with Crippen LogP contribution in [0.15, 0.2) is 23.9 Å². The first kappa shape index (κ1) is 15.2. The quantitative estimate of drug-likeness (QED) is 0.513. The first-order valence-electron chi connectivity index (χ1n) is 5.52. The minimum atomic E-state index is 0. The molecule has 0 fully saturated rings. The minimum absolute atomic E-state index is 0. The zero-order valence-electron chi connectivity index (χ0n) is 11.0. The maximum absolute atomic E-state index is 2.35. The van der Waals surface area contributed by atoms with E-state index < -0.39 is 0 Å². The summed E-state index contributed by atoms with van der Waals surface area (Å²) >= 11 is 0. The van der Waals surface area contributed by atoms with Gasteiger partial charge in [0, 0.05) is 28.1 Å². The van der Waals surface area contributed by atoms with E-state index in [1.165, 1.54) is 5.70 Å². The Kier molecular flexibility index (Phi) is 5.04. The fourth-order valence-corrected chi connectivity index (χ4v) is 2.32. The smallest absolute Gasteiger partial charge is 0.113 e. The van der Waals surface area contributed by atoms with Crippen LogP contribution in [0.1, 0.15) is 41.0 Å². The van der Waals surface area contributed by atoms with E-state index in [2.05, 4.69) is 59.9 Å². The maximum atomic E-state index is 2.35. The summed E-state index contributed by atoms with van der Waals surface area (Å²) in [7, 11) is 2.35. The summed E-state index contributed by atoms with van der Waals surface area (Å²) in [5.41, 5.74) is 1.80. The summed E-state index contributed by atoms with van der Waals surface area (Å²) in [5.74, 6) is 0. The molecular formula is C13H24NTi+. The van der Waals surface area contributed by atoms with Crippen molar-refractivity contribution in [1.82, 2.24) is 0 Å². The number of nitrogens with zero attached hydrogens (tertiary/aromatic N) is 1. The average molecular weight is 242 g/mol. The van der Waals surface area contributed by atoms with E-state index >= 15 is 0 Å². The molecule has 0 aliphatic heterocycles. The molecule has 0 bridgehead atoms. The zero-order valence-corrected chi connectivity index (χ0v) is 12.5. The molecule has 0 saturated heterocycles. The molecule has 0 N–H and O–H groups in total. The summed E-state index contributed by atoms with van der Waals surface area (Å²) < 4.78 is 1.04. The molecule has 1 aliphatic rings. The largest absolute Gasteiger partial charge is 0.291 e. The molecule has 0 saturated carbocycles. The van der Waals surface area contributed by atoms with Gasteiger partial charge in [0.05, 0.1) is 18.6 Å². The third-order valence-electron chi connectivity index (χ3n) is 3.77. The zero-order chi connectivity index (χ0) is 11.0. The molecule has 1 nitrogen and oxygen atoms in total. The molecule has 0 amide bonds. The van der Waals surface area contributed by atoms with Crippen molar-refractivity contribution < 1.29 is 26.2 Å². The molecule has 1 atom stereocenters. The third kappa shape index (κ3) is 2.64. The molecule has 0 heterocycles. The van der Waals surface area contributed by atoms with E-state index in [1.807, 2.05) is 0 Å². The molecule has 15 heavy (non-hydrogen) atoms. The van der Waals surface area contributed by atoms with Crippen molar-refractivity contribution in [2.24, 2.45) is 0 Å². The van der Waals surface area contributed by atoms with Crippen molar-refractivity contribution in [2.75, 3.05) is 7.05 Å². The molecule has 0 aromatic heterocycles. The first-order valence-corrected chi connectivity index (χ1v) is 5.52. The second kappa shape index (κ2) is 4.99.